The Kier molecular flexibility index (Phi) is 5.90. The van der Waals surface area contributed by atoms with Crippen LogP contribution in [-0.2, 0) is 6.54 Å². The van der Waals surface area contributed by atoms with Crippen LogP contribution < -0.4 is 4.90 Å². The lowest BCUT2D eigenvalue weighted by Gasteiger charge is -2.33. The quantitative estimate of drug-likeness (QED) is 0.855. The van der Waals surface area contributed by atoms with Gasteiger partial charge < -0.3 is 14.9 Å². The number of carbonyl (C=O) groups excluding carboxylic acids is 1. The molecule has 28 heavy (non-hydrogen) atoms. The van der Waals surface area contributed by atoms with Crippen molar-refractivity contribution < 1.29 is 9.90 Å². The number of carbonyl (C=O) groups is 1. The molecule has 2 fully saturated rings. The van der Waals surface area contributed by atoms with E-state index in [0.717, 1.165) is 64.2 Å². The van der Waals surface area contributed by atoms with Crippen molar-refractivity contribution in [3.05, 3.63) is 42.4 Å². The van der Waals surface area contributed by atoms with Gasteiger partial charge in [0, 0.05) is 57.9 Å². The van der Waals surface area contributed by atoms with Crippen molar-refractivity contribution in [3.63, 3.8) is 0 Å². The second-order valence-corrected chi connectivity index (χ2v) is 8.01. The van der Waals surface area contributed by atoms with Gasteiger partial charge in [-0.2, -0.15) is 5.10 Å². The third-order valence-corrected chi connectivity index (χ3v) is 6.00. The van der Waals surface area contributed by atoms with Crippen LogP contribution in [0.5, 0.6) is 0 Å². The number of aliphatic hydroxyl groups excluding tert-OH is 1. The van der Waals surface area contributed by atoms with Crippen LogP contribution in [-0.4, -0.2) is 63.5 Å². The summed E-state index contributed by atoms with van der Waals surface area (Å²) in [5, 5.41) is 13.7. The van der Waals surface area contributed by atoms with E-state index in [4.69, 9.17) is 0 Å². The third-order valence-electron chi connectivity index (χ3n) is 6.00. The Morgan fingerprint density at radius 2 is 2.00 bits per heavy atom. The Labute approximate surface area is 166 Å². The van der Waals surface area contributed by atoms with E-state index < -0.39 is 0 Å². The minimum Gasteiger partial charge on any atom is -0.396 e. The van der Waals surface area contributed by atoms with Gasteiger partial charge in [-0.3, -0.25) is 9.48 Å². The Bertz CT molecular complexity index is 754. The lowest BCUT2D eigenvalue weighted by molar-refractivity contribution is 0.0681. The van der Waals surface area contributed by atoms with E-state index in [0.29, 0.717) is 17.4 Å². The van der Waals surface area contributed by atoms with Gasteiger partial charge in [-0.1, -0.05) is 0 Å². The van der Waals surface area contributed by atoms with Gasteiger partial charge in [-0.05, 0) is 55.7 Å². The van der Waals surface area contributed by atoms with Crippen LogP contribution in [0.1, 0.15) is 36.0 Å². The molecule has 0 bridgehead atoms. The fraction of sp³-hybridized carbons (Fsp3) is 0.571. The van der Waals surface area contributed by atoms with Crippen molar-refractivity contribution in [2.75, 3.05) is 37.7 Å². The standard InChI is InChI=1S/C21H29N5O2/c27-16-18-3-1-9-25(14-18)20-5-4-19(13-22-20)21(28)24-11-6-17(7-12-24)15-26-10-2-8-23-26/h2,4-5,8,10,13,17-18,27H,1,3,6-7,9,11-12,14-16H2. The van der Waals surface area contributed by atoms with Crippen LogP contribution in [0.2, 0.25) is 0 Å². The molecule has 2 saturated heterocycles. The smallest absolute Gasteiger partial charge is 0.255 e. The minimum atomic E-state index is 0.0727. The Balaban J connectivity index is 1.31. The average molecular weight is 383 g/mol. The molecule has 0 radical (unpaired) electrons. The molecule has 1 N–H and O–H groups in total. The molecular formula is C21H29N5O2. The van der Waals surface area contributed by atoms with E-state index in [1.54, 1.807) is 6.20 Å². The second kappa shape index (κ2) is 8.73. The van der Waals surface area contributed by atoms with E-state index in [-0.39, 0.29) is 12.5 Å². The number of hydrogen-bond acceptors (Lipinski definition) is 5. The zero-order valence-corrected chi connectivity index (χ0v) is 16.3. The molecule has 2 aromatic heterocycles. The largest absolute Gasteiger partial charge is 0.396 e. The van der Waals surface area contributed by atoms with Crippen molar-refractivity contribution >= 4 is 11.7 Å². The molecule has 1 unspecified atom stereocenters. The van der Waals surface area contributed by atoms with Gasteiger partial charge >= 0.3 is 0 Å². The van der Waals surface area contributed by atoms with Crippen LogP contribution in [0.25, 0.3) is 0 Å². The normalized spacial score (nSPS) is 21.1. The van der Waals surface area contributed by atoms with Gasteiger partial charge in [0.25, 0.3) is 5.91 Å². The van der Waals surface area contributed by atoms with Crippen molar-refractivity contribution in [2.45, 2.75) is 32.2 Å². The van der Waals surface area contributed by atoms with E-state index in [1.807, 2.05) is 40.2 Å². The summed E-state index contributed by atoms with van der Waals surface area (Å²) in [7, 11) is 0. The van der Waals surface area contributed by atoms with Crippen molar-refractivity contribution in [1.82, 2.24) is 19.7 Å². The van der Waals surface area contributed by atoms with Crippen LogP contribution in [0.15, 0.2) is 36.8 Å². The summed E-state index contributed by atoms with van der Waals surface area (Å²) < 4.78 is 1.98. The van der Waals surface area contributed by atoms with Gasteiger partial charge in [0.05, 0.1) is 5.56 Å². The zero-order valence-electron chi connectivity index (χ0n) is 16.3. The number of hydrogen-bond donors (Lipinski definition) is 1. The summed E-state index contributed by atoms with van der Waals surface area (Å²) in [4.78, 5) is 21.5. The highest BCUT2D eigenvalue weighted by Gasteiger charge is 2.25. The number of aromatic nitrogens is 3. The highest BCUT2D eigenvalue weighted by molar-refractivity contribution is 5.94. The molecule has 0 aromatic carbocycles. The summed E-state index contributed by atoms with van der Waals surface area (Å²) in [6, 6.07) is 5.78. The molecular weight excluding hydrogens is 354 g/mol. The Hall–Kier alpha value is -2.41. The molecule has 7 nitrogen and oxygen atoms in total. The monoisotopic (exact) mass is 383 g/mol. The fourth-order valence-electron chi connectivity index (χ4n) is 4.30. The first-order valence-electron chi connectivity index (χ1n) is 10.3. The Morgan fingerprint density at radius 3 is 2.68 bits per heavy atom. The van der Waals surface area contributed by atoms with Gasteiger partial charge in [-0.15, -0.1) is 0 Å². The highest BCUT2D eigenvalue weighted by atomic mass is 16.3. The molecule has 1 atom stereocenters. The van der Waals surface area contributed by atoms with Gasteiger partial charge in [0.2, 0.25) is 0 Å². The molecule has 0 spiro atoms. The molecule has 0 aliphatic carbocycles. The summed E-state index contributed by atoms with van der Waals surface area (Å²) in [6.45, 7) is 4.52. The molecule has 2 aromatic rings. The number of anilines is 1. The summed E-state index contributed by atoms with van der Waals surface area (Å²) >= 11 is 0. The first-order valence-corrected chi connectivity index (χ1v) is 10.3. The maximum Gasteiger partial charge on any atom is 0.255 e. The number of amides is 1. The summed E-state index contributed by atoms with van der Waals surface area (Å²) in [5.41, 5.74) is 0.657. The first kappa shape index (κ1) is 18.9. The fourth-order valence-corrected chi connectivity index (χ4v) is 4.30. The minimum absolute atomic E-state index is 0.0727. The molecule has 1 amide bonds. The topological polar surface area (TPSA) is 74.5 Å². The molecule has 150 valence electrons. The molecule has 2 aliphatic heterocycles. The van der Waals surface area contributed by atoms with Crippen molar-refractivity contribution in [1.29, 1.82) is 0 Å². The predicted molar refractivity (Wildman–Crippen MR) is 107 cm³/mol. The maximum atomic E-state index is 12.8. The lowest BCUT2D eigenvalue weighted by Crippen LogP contribution is -2.39. The lowest BCUT2D eigenvalue weighted by atomic mass is 9.96. The van der Waals surface area contributed by atoms with E-state index in [2.05, 4.69) is 15.0 Å². The third kappa shape index (κ3) is 4.35. The maximum absolute atomic E-state index is 12.8. The molecule has 2 aliphatic rings. The van der Waals surface area contributed by atoms with Crippen LogP contribution >= 0.6 is 0 Å². The number of rotatable bonds is 5. The number of nitrogens with zero attached hydrogens (tertiary/aromatic N) is 5. The van der Waals surface area contributed by atoms with Gasteiger partial charge in [0.15, 0.2) is 0 Å². The average Bonchev–Trinajstić information content (AvgIpc) is 3.27. The van der Waals surface area contributed by atoms with E-state index >= 15 is 0 Å². The van der Waals surface area contributed by atoms with Gasteiger partial charge in [0.1, 0.15) is 5.82 Å². The van der Waals surface area contributed by atoms with Crippen molar-refractivity contribution in [3.8, 4) is 0 Å². The van der Waals surface area contributed by atoms with Crippen molar-refractivity contribution in [2.24, 2.45) is 11.8 Å². The highest BCUT2D eigenvalue weighted by Crippen LogP contribution is 2.23. The van der Waals surface area contributed by atoms with Crippen LogP contribution in [0.3, 0.4) is 0 Å². The molecule has 4 rings (SSSR count). The number of aliphatic hydroxyl groups is 1. The van der Waals surface area contributed by atoms with Crippen LogP contribution in [0, 0.1) is 11.8 Å². The predicted octanol–water partition coefficient (Wildman–Crippen LogP) is 2.04. The molecule has 0 saturated carbocycles. The van der Waals surface area contributed by atoms with E-state index in [1.165, 1.54) is 0 Å². The summed E-state index contributed by atoms with van der Waals surface area (Å²) in [6.07, 6.45) is 9.66. The van der Waals surface area contributed by atoms with Crippen LogP contribution in [0.4, 0.5) is 5.82 Å². The van der Waals surface area contributed by atoms with E-state index in [9.17, 15) is 9.90 Å². The molecule has 4 heterocycles. The molecule has 7 heteroatoms. The SMILES string of the molecule is O=C(c1ccc(N2CCCC(CO)C2)nc1)N1CCC(Cn2cccn2)CC1. The van der Waals surface area contributed by atoms with Gasteiger partial charge in [-0.25, -0.2) is 4.98 Å². The summed E-state index contributed by atoms with van der Waals surface area (Å²) in [5.74, 6) is 1.86. The number of pyridine rings is 1. The number of likely N-dealkylation sites (tertiary alicyclic amines) is 1. The first-order chi connectivity index (χ1) is 13.7. The second-order valence-electron chi connectivity index (χ2n) is 8.01. The number of piperidine rings is 2. The Morgan fingerprint density at radius 1 is 1.14 bits per heavy atom. The zero-order chi connectivity index (χ0) is 19.3.